The van der Waals surface area contributed by atoms with E-state index < -0.39 is 17.9 Å². The quantitative estimate of drug-likeness (QED) is 0.796. The lowest BCUT2D eigenvalue weighted by molar-refractivity contribution is -0.147. The zero-order valence-electron chi connectivity index (χ0n) is 8.29. The van der Waals surface area contributed by atoms with E-state index in [1.165, 1.54) is 26.2 Å². The van der Waals surface area contributed by atoms with Gasteiger partial charge in [-0.25, -0.2) is 9.18 Å². The standard InChI is InChI=1S/C10H10BrFO3/c1-6(10(13)14-2)15-8-5-3-4-7(12)9(8)11/h3-6H,1-2H3. The summed E-state index contributed by atoms with van der Waals surface area (Å²) in [7, 11) is 1.27. The molecule has 15 heavy (non-hydrogen) atoms. The highest BCUT2D eigenvalue weighted by molar-refractivity contribution is 9.10. The van der Waals surface area contributed by atoms with Crippen molar-refractivity contribution in [2.75, 3.05) is 7.11 Å². The van der Waals surface area contributed by atoms with Crippen molar-refractivity contribution in [2.45, 2.75) is 13.0 Å². The smallest absolute Gasteiger partial charge is 0.346 e. The molecule has 0 amide bonds. The van der Waals surface area contributed by atoms with Crippen molar-refractivity contribution >= 4 is 21.9 Å². The minimum atomic E-state index is -0.770. The monoisotopic (exact) mass is 276 g/mol. The number of carbonyl (C=O) groups excluding carboxylic acids is 1. The van der Waals surface area contributed by atoms with E-state index >= 15 is 0 Å². The van der Waals surface area contributed by atoms with Crippen LogP contribution in [0.25, 0.3) is 0 Å². The highest BCUT2D eigenvalue weighted by atomic mass is 79.9. The molecule has 0 aliphatic heterocycles. The van der Waals surface area contributed by atoms with Crippen molar-refractivity contribution in [1.29, 1.82) is 0 Å². The number of benzene rings is 1. The maximum absolute atomic E-state index is 13.1. The third-order valence-electron chi connectivity index (χ3n) is 1.75. The third kappa shape index (κ3) is 2.92. The maximum Gasteiger partial charge on any atom is 0.346 e. The predicted molar refractivity (Wildman–Crippen MR) is 56.2 cm³/mol. The molecule has 0 spiro atoms. The number of methoxy groups -OCH3 is 1. The van der Waals surface area contributed by atoms with Gasteiger partial charge in [0.25, 0.3) is 0 Å². The Morgan fingerprint density at radius 2 is 2.20 bits per heavy atom. The summed E-state index contributed by atoms with van der Waals surface area (Å²) in [5.41, 5.74) is 0. The summed E-state index contributed by atoms with van der Waals surface area (Å²) < 4.78 is 23.0. The van der Waals surface area contributed by atoms with Crippen LogP contribution in [0.5, 0.6) is 5.75 Å². The summed E-state index contributed by atoms with van der Waals surface area (Å²) in [4.78, 5) is 11.1. The van der Waals surface area contributed by atoms with Crippen molar-refractivity contribution in [3.05, 3.63) is 28.5 Å². The molecular formula is C10H10BrFO3. The Morgan fingerprint density at radius 3 is 2.80 bits per heavy atom. The zero-order valence-corrected chi connectivity index (χ0v) is 9.88. The summed E-state index contributed by atoms with van der Waals surface area (Å²) in [6.07, 6.45) is -0.770. The number of rotatable bonds is 3. The summed E-state index contributed by atoms with van der Waals surface area (Å²) in [5, 5.41) is 0. The molecule has 0 saturated carbocycles. The van der Waals surface area contributed by atoms with Crippen LogP contribution in [0.4, 0.5) is 4.39 Å². The fraction of sp³-hybridized carbons (Fsp3) is 0.300. The van der Waals surface area contributed by atoms with Crippen molar-refractivity contribution < 1.29 is 18.7 Å². The Morgan fingerprint density at radius 1 is 1.53 bits per heavy atom. The molecule has 1 atom stereocenters. The lowest BCUT2D eigenvalue weighted by Crippen LogP contribution is -2.25. The van der Waals surface area contributed by atoms with E-state index in [9.17, 15) is 9.18 Å². The predicted octanol–water partition coefficient (Wildman–Crippen LogP) is 2.53. The second kappa shape index (κ2) is 5.11. The van der Waals surface area contributed by atoms with E-state index in [1.54, 1.807) is 6.07 Å². The van der Waals surface area contributed by atoms with Crippen LogP contribution in [0.15, 0.2) is 22.7 Å². The van der Waals surface area contributed by atoms with Crippen molar-refractivity contribution in [3.63, 3.8) is 0 Å². The minimum absolute atomic E-state index is 0.195. The largest absolute Gasteiger partial charge is 0.478 e. The van der Waals surface area contributed by atoms with Gasteiger partial charge < -0.3 is 9.47 Å². The van der Waals surface area contributed by atoms with Gasteiger partial charge in [-0.05, 0) is 35.0 Å². The van der Waals surface area contributed by atoms with Gasteiger partial charge in [0.2, 0.25) is 0 Å². The van der Waals surface area contributed by atoms with Crippen LogP contribution >= 0.6 is 15.9 Å². The number of hydrogen-bond acceptors (Lipinski definition) is 3. The molecule has 0 N–H and O–H groups in total. The SMILES string of the molecule is COC(=O)C(C)Oc1cccc(F)c1Br. The lowest BCUT2D eigenvalue weighted by Gasteiger charge is -2.13. The third-order valence-corrected chi connectivity index (χ3v) is 2.52. The molecule has 82 valence electrons. The van der Waals surface area contributed by atoms with E-state index in [1.807, 2.05) is 0 Å². The molecule has 1 rings (SSSR count). The molecule has 0 radical (unpaired) electrons. The molecule has 0 heterocycles. The molecule has 0 fully saturated rings. The van der Waals surface area contributed by atoms with Crippen LogP contribution in [-0.2, 0) is 9.53 Å². The second-order valence-corrected chi connectivity index (χ2v) is 3.63. The van der Waals surface area contributed by atoms with Crippen LogP contribution in [0.1, 0.15) is 6.92 Å². The summed E-state index contributed by atoms with van der Waals surface area (Å²) in [6.45, 7) is 1.53. The fourth-order valence-corrected chi connectivity index (χ4v) is 1.34. The van der Waals surface area contributed by atoms with Crippen LogP contribution < -0.4 is 4.74 Å². The Kier molecular flexibility index (Phi) is 4.08. The Hall–Kier alpha value is -1.10. The Balaban J connectivity index is 2.81. The van der Waals surface area contributed by atoms with Crippen LogP contribution in [-0.4, -0.2) is 19.2 Å². The number of hydrogen-bond donors (Lipinski definition) is 0. The fourth-order valence-electron chi connectivity index (χ4n) is 0.980. The molecule has 0 aromatic heterocycles. The first-order valence-electron chi connectivity index (χ1n) is 4.24. The first kappa shape index (κ1) is 12.0. The molecule has 0 saturated heterocycles. The van der Waals surface area contributed by atoms with E-state index in [-0.39, 0.29) is 10.2 Å². The van der Waals surface area contributed by atoms with Gasteiger partial charge in [-0.15, -0.1) is 0 Å². The Bertz CT molecular complexity index is 368. The van der Waals surface area contributed by atoms with E-state index in [4.69, 9.17) is 4.74 Å². The van der Waals surface area contributed by atoms with Gasteiger partial charge in [0.15, 0.2) is 6.10 Å². The maximum atomic E-state index is 13.1. The minimum Gasteiger partial charge on any atom is -0.478 e. The second-order valence-electron chi connectivity index (χ2n) is 2.84. The molecule has 1 unspecified atom stereocenters. The van der Waals surface area contributed by atoms with Gasteiger partial charge >= 0.3 is 5.97 Å². The Labute approximate surface area is 95.3 Å². The van der Waals surface area contributed by atoms with Gasteiger partial charge in [0, 0.05) is 0 Å². The summed E-state index contributed by atoms with van der Waals surface area (Å²) >= 11 is 3.03. The number of carbonyl (C=O) groups is 1. The molecule has 0 bridgehead atoms. The van der Waals surface area contributed by atoms with Crippen LogP contribution in [0.3, 0.4) is 0 Å². The summed E-state index contributed by atoms with van der Waals surface area (Å²) in [6, 6.07) is 4.35. The van der Waals surface area contributed by atoms with Crippen LogP contribution in [0, 0.1) is 5.82 Å². The van der Waals surface area contributed by atoms with Gasteiger partial charge in [-0.1, -0.05) is 6.07 Å². The van der Waals surface area contributed by atoms with E-state index in [2.05, 4.69) is 20.7 Å². The molecule has 3 nitrogen and oxygen atoms in total. The number of halogens is 2. The summed E-state index contributed by atoms with van der Waals surface area (Å²) in [5.74, 6) is -0.677. The van der Waals surface area contributed by atoms with E-state index in [0.717, 1.165) is 0 Å². The lowest BCUT2D eigenvalue weighted by atomic mass is 10.3. The van der Waals surface area contributed by atoms with Crippen molar-refractivity contribution in [3.8, 4) is 5.75 Å². The average molecular weight is 277 g/mol. The van der Waals surface area contributed by atoms with Crippen LogP contribution in [0.2, 0.25) is 0 Å². The topological polar surface area (TPSA) is 35.5 Å². The van der Waals surface area contributed by atoms with Gasteiger partial charge in [-0.3, -0.25) is 0 Å². The molecule has 1 aromatic rings. The molecule has 1 aromatic carbocycles. The molecule has 0 aliphatic carbocycles. The zero-order chi connectivity index (χ0) is 11.4. The molecule has 0 aliphatic rings. The van der Waals surface area contributed by atoms with Crippen molar-refractivity contribution in [2.24, 2.45) is 0 Å². The molecular weight excluding hydrogens is 267 g/mol. The highest BCUT2D eigenvalue weighted by Crippen LogP contribution is 2.28. The number of esters is 1. The van der Waals surface area contributed by atoms with Gasteiger partial charge in [-0.2, -0.15) is 0 Å². The van der Waals surface area contributed by atoms with Crippen molar-refractivity contribution in [1.82, 2.24) is 0 Å². The normalized spacial score (nSPS) is 12.0. The molecule has 5 heteroatoms. The van der Waals surface area contributed by atoms with E-state index in [0.29, 0.717) is 0 Å². The first-order valence-corrected chi connectivity index (χ1v) is 5.04. The highest BCUT2D eigenvalue weighted by Gasteiger charge is 2.17. The first-order chi connectivity index (χ1) is 7.06. The average Bonchev–Trinajstić information content (AvgIpc) is 2.23. The van der Waals surface area contributed by atoms with Gasteiger partial charge in [0.05, 0.1) is 11.6 Å². The number of ether oxygens (including phenoxy) is 2. The van der Waals surface area contributed by atoms with Gasteiger partial charge in [0.1, 0.15) is 11.6 Å².